The van der Waals surface area contributed by atoms with Gasteiger partial charge in [-0.15, -0.1) is 0 Å². The van der Waals surface area contributed by atoms with Crippen LogP contribution in [-0.4, -0.2) is 34.8 Å². The Morgan fingerprint density at radius 3 is 2.55 bits per heavy atom. The van der Waals surface area contributed by atoms with E-state index in [4.69, 9.17) is 9.84 Å². The van der Waals surface area contributed by atoms with Crippen LogP contribution in [0.25, 0.3) is 10.2 Å². The number of hydrogen-bond donors (Lipinski definition) is 1. The molecule has 0 radical (unpaired) electrons. The molecule has 0 aliphatic rings. The highest BCUT2D eigenvalue weighted by atomic mass is 32.1. The summed E-state index contributed by atoms with van der Waals surface area (Å²) in [7, 11) is 1.49. The van der Waals surface area contributed by atoms with E-state index in [1.54, 1.807) is 20.8 Å². The molecule has 1 aromatic heterocycles. The van der Waals surface area contributed by atoms with Gasteiger partial charge in [0.15, 0.2) is 5.13 Å². The predicted molar refractivity (Wildman–Crippen MR) is 81.2 cm³/mol. The van der Waals surface area contributed by atoms with Crippen LogP contribution in [0.2, 0.25) is 0 Å². The number of carbonyl (C=O) groups excluding carboxylic acids is 1. The van der Waals surface area contributed by atoms with Crippen molar-refractivity contribution in [3.05, 3.63) is 23.5 Å². The maximum Gasteiger partial charge on any atom is 0.416 e. The van der Waals surface area contributed by atoms with E-state index in [9.17, 15) is 14.0 Å². The lowest BCUT2D eigenvalue weighted by Crippen LogP contribution is -2.34. The molecule has 0 aliphatic heterocycles. The molecule has 0 bridgehead atoms. The van der Waals surface area contributed by atoms with Crippen LogP contribution < -0.4 is 4.90 Å². The van der Waals surface area contributed by atoms with Crippen LogP contribution in [0.3, 0.4) is 0 Å². The number of ether oxygens (including phenoxy) is 1. The molecule has 8 heteroatoms. The lowest BCUT2D eigenvalue weighted by molar-refractivity contribution is 0.0588. The van der Waals surface area contributed by atoms with Crippen LogP contribution in [0.5, 0.6) is 0 Å². The molecule has 1 amide bonds. The minimum Gasteiger partial charge on any atom is -0.478 e. The van der Waals surface area contributed by atoms with E-state index < -0.39 is 29.0 Å². The van der Waals surface area contributed by atoms with E-state index in [0.29, 0.717) is 9.83 Å². The molecule has 2 rings (SSSR count). The van der Waals surface area contributed by atoms with Crippen LogP contribution in [0.4, 0.5) is 14.3 Å². The molecule has 0 spiro atoms. The van der Waals surface area contributed by atoms with Crippen molar-refractivity contribution in [3.63, 3.8) is 0 Å². The lowest BCUT2D eigenvalue weighted by Gasteiger charge is -2.23. The number of anilines is 1. The zero-order chi connectivity index (χ0) is 16.7. The van der Waals surface area contributed by atoms with E-state index in [-0.39, 0.29) is 5.52 Å². The van der Waals surface area contributed by atoms with Gasteiger partial charge in [0.2, 0.25) is 0 Å². The Bertz CT molecular complexity index is 751. The minimum absolute atomic E-state index is 0.290. The summed E-state index contributed by atoms with van der Waals surface area (Å²) in [5, 5.41) is 9.21. The first-order valence-corrected chi connectivity index (χ1v) is 7.20. The summed E-state index contributed by atoms with van der Waals surface area (Å²) in [5.41, 5.74) is -0.787. The van der Waals surface area contributed by atoms with Crippen LogP contribution in [0.15, 0.2) is 12.1 Å². The second-order valence-electron chi connectivity index (χ2n) is 5.64. The summed E-state index contributed by atoms with van der Waals surface area (Å²) >= 11 is 1.08. The van der Waals surface area contributed by atoms with Gasteiger partial charge in [0.05, 0.1) is 15.8 Å². The largest absolute Gasteiger partial charge is 0.478 e. The highest BCUT2D eigenvalue weighted by Crippen LogP contribution is 2.30. The number of halogens is 1. The molecule has 0 fully saturated rings. The number of carboxylic acid groups (broad SMARTS) is 1. The van der Waals surface area contributed by atoms with Crippen molar-refractivity contribution in [1.29, 1.82) is 0 Å². The molecule has 0 unspecified atom stereocenters. The van der Waals surface area contributed by atoms with E-state index in [0.717, 1.165) is 17.4 Å². The molecule has 1 N–H and O–H groups in total. The normalized spacial score (nSPS) is 11.5. The first-order valence-electron chi connectivity index (χ1n) is 6.38. The van der Waals surface area contributed by atoms with Crippen molar-refractivity contribution in [1.82, 2.24) is 4.98 Å². The zero-order valence-corrected chi connectivity index (χ0v) is 13.3. The first-order chi connectivity index (χ1) is 10.1. The molecule has 22 heavy (non-hydrogen) atoms. The predicted octanol–water partition coefficient (Wildman–Crippen LogP) is 3.50. The van der Waals surface area contributed by atoms with E-state index >= 15 is 0 Å². The number of fused-ring (bicyclic) bond motifs is 1. The highest BCUT2D eigenvalue weighted by molar-refractivity contribution is 7.22. The van der Waals surface area contributed by atoms with Crippen LogP contribution in [0.1, 0.15) is 31.1 Å². The molecule has 0 atom stereocenters. The van der Waals surface area contributed by atoms with Gasteiger partial charge in [0.25, 0.3) is 0 Å². The summed E-state index contributed by atoms with van der Waals surface area (Å²) in [6.45, 7) is 5.23. The summed E-state index contributed by atoms with van der Waals surface area (Å²) in [6, 6.07) is 2.25. The standard InChI is InChI=1S/C14H15FN2O4S/c1-14(2,3)21-13(20)17(4)12-16-9-6-8(15)7(11(18)19)5-10(9)22-12/h5-6H,1-4H3,(H,18,19). The number of benzene rings is 1. The van der Waals surface area contributed by atoms with Crippen molar-refractivity contribution in [2.75, 3.05) is 11.9 Å². The third-order valence-electron chi connectivity index (χ3n) is 2.65. The molecule has 0 aliphatic carbocycles. The SMILES string of the molecule is CN(C(=O)OC(C)(C)C)c1nc2cc(F)c(C(=O)O)cc2s1. The zero-order valence-electron chi connectivity index (χ0n) is 12.5. The van der Waals surface area contributed by atoms with Gasteiger partial charge < -0.3 is 9.84 Å². The van der Waals surface area contributed by atoms with Gasteiger partial charge >= 0.3 is 12.1 Å². The summed E-state index contributed by atoms with van der Waals surface area (Å²) < 4.78 is 19.3. The quantitative estimate of drug-likeness (QED) is 0.913. The molecule has 118 valence electrons. The van der Waals surface area contributed by atoms with Crippen LogP contribution in [-0.2, 0) is 4.74 Å². The van der Waals surface area contributed by atoms with E-state index in [1.807, 2.05) is 0 Å². The topological polar surface area (TPSA) is 79.7 Å². The Hall–Kier alpha value is -2.22. The van der Waals surface area contributed by atoms with E-state index in [1.165, 1.54) is 18.0 Å². The van der Waals surface area contributed by atoms with Gasteiger partial charge in [-0.2, -0.15) is 0 Å². The highest BCUT2D eigenvalue weighted by Gasteiger charge is 2.23. The van der Waals surface area contributed by atoms with Crippen LogP contribution in [0, 0.1) is 5.82 Å². The Morgan fingerprint density at radius 2 is 2.00 bits per heavy atom. The molecule has 1 heterocycles. The van der Waals surface area contributed by atoms with Gasteiger partial charge in [0.1, 0.15) is 11.4 Å². The monoisotopic (exact) mass is 326 g/mol. The number of amides is 1. The number of carbonyl (C=O) groups is 2. The van der Waals surface area contributed by atoms with Crippen molar-refractivity contribution in [2.45, 2.75) is 26.4 Å². The fourth-order valence-corrected chi connectivity index (χ4v) is 2.59. The summed E-state index contributed by atoms with van der Waals surface area (Å²) in [6.07, 6.45) is -0.592. The number of carboxylic acids is 1. The van der Waals surface area contributed by atoms with Gasteiger partial charge in [-0.05, 0) is 26.8 Å². The van der Waals surface area contributed by atoms with Gasteiger partial charge in [-0.3, -0.25) is 4.90 Å². The minimum atomic E-state index is -1.35. The maximum atomic E-state index is 13.6. The van der Waals surface area contributed by atoms with Gasteiger partial charge in [-0.25, -0.2) is 19.0 Å². The third kappa shape index (κ3) is 3.33. The Morgan fingerprint density at radius 1 is 1.36 bits per heavy atom. The summed E-state index contributed by atoms with van der Waals surface area (Å²) in [5.74, 6) is -2.22. The van der Waals surface area contributed by atoms with Gasteiger partial charge in [0, 0.05) is 13.1 Å². The second kappa shape index (κ2) is 5.53. The Balaban J connectivity index is 2.37. The number of thiazole rings is 1. The van der Waals surface area contributed by atoms with Gasteiger partial charge in [-0.1, -0.05) is 11.3 Å². The third-order valence-corrected chi connectivity index (χ3v) is 3.75. The number of rotatable bonds is 2. The molecule has 0 saturated carbocycles. The fraction of sp³-hybridized carbons (Fsp3) is 0.357. The smallest absolute Gasteiger partial charge is 0.416 e. The average Bonchev–Trinajstić information content (AvgIpc) is 2.77. The molecular formula is C14H15FN2O4S. The molecular weight excluding hydrogens is 311 g/mol. The molecule has 2 aromatic rings. The number of aromatic carboxylic acids is 1. The van der Waals surface area contributed by atoms with E-state index in [2.05, 4.69) is 4.98 Å². The summed E-state index contributed by atoms with van der Waals surface area (Å²) in [4.78, 5) is 28.2. The fourth-order valence-electron chi connectivity index (χ4n) is 1.65. The second-order valence-corrected chi connectivity index (χ2v) is 6.65. The first kappa shape index (κ1) is 16.2. The van der Waals surface area contributed by atoms with Crippen molar-refractivity contribution >= 4 is 38.7 Å². The Labute approximate surface area is 130 Å². The maximum absolute atomic E-state index is 13.6. The lowest BCUT2D eigenvalue weighted by atomic mass is 10.2. The van der Waals surface area contributed by atoms with Crippen molar-refractivity contribution < 1.29 is 23.8 Å². The van der Waals surface area contributed by atoms with Crippen molar-refractivity contribution in [3.8, 4) is 0 Å². The average molecular weight is 326 g/mol. The van der Waals surface area contributed by atoms with Crippen LogP contribution >= 0.6 is 11.3 Å². The number of aromatic nitrogens is 1. The van der Waals surface area contributed by atoms with Crippen molar-refractivity contribution in [2.24, 2.45) is 0 Å². The number of nitrogens with zero attached hydrogens (tertiary/aromatic N) is 2. The molecule has 6 nitrogen and oxygen atoms in total. The molecule has 1 aromatic carbocycles. The Kier molecular flexibility index (Phi) is 4.06. The molecule has 0 saturated heterocycles. The number of hydrogen-bond acceptors (Lipinski definition) is 5.